The molecule has 1 unspecified atom stereocenters. The first kappa shape index (κ1) is 19.4. The number of hydrogen-bond donors (Lipinski definition) is 2. The average molecular weight is 285 g/mol. The van der Waals surface area contributed by atoms with Crippen molar-refractivity contribution in [1.82, 2.24) is 10.2 Å². The van der Waals surface area contributed by atoms with Crippen LogP contribution < -0.4 is 11.1 Å². The molecule has 4 nitrogen and oxygen atoms in total. The van der Waals surface area contributed by atoms with Crippen LogP contribution in [-0.4, -0.2) is 42.5 Å². The summed E-state index contributed by atoms with van der Waals surface area (Å²) >= 11 is 0. The summed E-state index contributed by atoms with van der Waals surface area (Å²) in [7, 11) is 1.80. The lowest BCUT2D eigenvalue weighted by Crippen LogP contribution is -2.52. The van der Waals surface area contributed by atoms with Crippen LogP contribution in [0, 0.1) is 5.92 Å². The summed E-state index contributed by atoms with van der Waals surface area (Å²) in [6.45, 7) is 13.1. The second-order valence-corrected chi connectivity index (χ2v) is 6.41. The Labute approximate surface area is 125 Å². The van der Waals surface area contributed by atoms with E-state index in [1.165, 1.54) is 12.8 Å². The summed E-state index contributed by atoms with van der Waals surface area (Å²) in [5.74, 6) is 0.403. The number of carbonyl (C=O) groups excluding carboxylic acids is 1. The van der Waals surface area contributed by atoms with Gasteiger partial charge in [0.2, 0.25) is 5.91 Å². The Morgan fingerprint density at radius 3 is 2.20 bits per heavy atom. The largest absolute Gasteiger partial charge is 0.368 e. The number of primary amides is 1. The zero-order valence-corrected chi connectivity index (χ0v) is 14.3. The molecule has 0 saturated heterocycles. The number of likely N-dealkylation sites (N-methyl/N-ethyl adjacent to an activating group) is 1. The van der Waals surface area contributed by atoms with Gasteiger partial charge in [-0.1, -0.05) is 27.7 Å². The van der Waals surface area contributed by atoms with E-state index in [-0.39, 0.29) is 5.91 Å². The molecule has 0 rings (SSSR count). The maximum atomic E-state index is 11.5. The molecule has 0 bridgehead atoms. The predicted octanol–water partition coefficient (Wildman–Crippen LogP) is 2.38. The van der Waals surface area contributed by atoms with Gasteiger partial charge in [0, 0.05) is 12.6 Å². The normalized spacial score (nSPS) is 15.1. The molecule has 0 heterocycles. The zero-order chi connectivity index (χ0) is 15.8. The maximum absolute atomic E-state index is 11.5. The third-order valence-corrected chi connectivity index (χ3v) is 4.28. The van der Waals surface area contributed by atoms with Crippen molar-refractivity contribution >= 4 is 5.91 Å². The van der Waals surface area contributed by atoms with E-state index >= 15 is 0 Å². The second-order valence-electron chi connectivity index (χ2n) is 6.41. The first-order valence-electron chi connectivity index (χ1n) is 8.03. The molecule has 1 atom stereocenters. The highest BCUT2D eigenvalue weighted by molar-refractivity contribution is 5.84. The van der Waals surface area contributed by atoms with Crippen LogP contribution in [0.2, 0.25) is 0 Å². The standard InChI is InChI=1S/C16H35N3O/c1-7-14(8-2)19(12-13(3)4)11-9-10-16(5,18-6)15(17)20/h13-14,18H,7-12H2,1-6H3,(H2,17,20). The summed E-state index contributed by atoms with van der Waals surface area (Å²) in [6, 6.07) is 0.645. The van der Waals surface area contributed by atoms with Gasteiger partial charge in [-0.05, 0) is 52.1 Å². The van der Waals surface area contributed by atoms with Crippen molar-refractivity contribution in [2.75, 3.05) is 20.1 Å². The third-order valence-electron chi connectivity index (χ3n) is 4.28. The molecular weight excluding hydrogens is 250 g/mol. The molecule has 120 valence electrons. The molecule has 0 aliphatic rings. The summed E-state index contributed by atoms with van der Waals surface area (Å²) in [4.78, 5) is 14.1. The molecule has 0 saturated carbocycles. The van der Waals surface area contributed by atoms with Gasteiger partial charge in [-0.2, -0.15) is 0 Å². The highest BCUT2D eigenvalue weighted by Crippen LogP contribution is 2.16. The van der Waals surface area contributed by atoms with Gasteiger partial charge >= 0.3 is 0 Å². The lowest BCUT2D eigenvalue weighted by atomic mass is 9.94. The molecule has 4 heteroatoms. The Morgan fingerprint density at radius 1 is 1.30 bits per heavy atom. The first-order valence-corrected chi connectivity index (χ1v) is 8.03. The fourth-order valence-corrected chi connectivity index (χ4v) is 2.70. The van der Waals surface area contributed by atoms with E-state index < -0.39 is 5.54 Å². The van der Waals surface area contributed by atoms with Gasteiger partial charge < -0.3 is 16.0 Å². The minimum Gasteiger partial charge on any atom is -0.368 e. The van der Waals surface area contributed by atoms with E-state index in [1.54, 1.807) is 7.05 Å². The molecule has 0 aliphatic heterocycles. The van der Waals surface area contributed by atoms with E-state index in [1.807, 2.05) is 6.92 Å². The van der Waals surface area contributed by atoms with Crippen molar-refractivity contribution < 1.29 is 4.79 Å². The number of nitrogens with two attached hydrogens (primary N) is 1. The van der Waals surface area contributed by atoms with Gasteiger partial charge in [-0.25, -0.2) is 0 Å². The van der Waals surface area contributed by atoms with Crippen LogP contribution in [0.25, 0.3) is 0 Å². The average Bonchev–Trinajstić information content (AvgIpc) is 2.38. The minimum absolute atomic E-state index is 0.266. The van der Waals surface area contributed by atoms with E-state index in [0.717, 1.165) is 25.9 Å². The number of rotatable bonds is 11. The summed E-state index contributed by atoms with van der Waals surface area (Å²) in [5.41, 5.74) is 4.89. The quantitative estimate of drug-likeness (QED) is 0.613. The van der Waals surface area contributed by atoms with Gasteiger partial charge in [0.25, 0.3) is 0 Å². The smallest absolute Gasteiger partial charge is 0.237 e. The first-order chi connectivity index (χ1) is 9.30. The predicted molar refractivity (Wildman–Crippen MR) is 86.7 cm³/mol. The molecule has 0 radical (unpaired) electrons. The van der Waals surface area contributed by atoms with Crippen LogP contribution in [0.15, 0.2) is 0 Å². The third kappa shape index (κ3) is 6.23. The van der Waals surface area contributed by atoms with Crippen molar-refractivity contribution in [3.8, 4) is 0 Å². The SMILES string of the molecule is CCC(CC)N(CCCC(C)(NC)C(N)=O)CC(C)C. The Kier molecular flexibility index (Phi) is 9.06. The fourth-order valence-electron chi connectivity index (χ4n) is 2.70. The van der Waals surface area contributed by atoms with Crippen LogP contribution in [-0.2, 0) is 4.79 Å². The number of nitrogens with zero attached hydrogens (tertiary/aromatic N) is 1. The molecule has 20 heavy (non-hydrogen) atoms. The minimum atomic E-state index is -0.586. The highest BCUT2D eigenvalue weighted by Gasteiger charge is 2.28. The van der Waals surface area contributed by atoms with E-state index in [9.17, 15) is 4.79 Å². The van der Waals surface area contributed by atoms with E-state index in [0.29, 0.717) is 12.0 Å². The molecule has 0 aromatic rings. The van der Waals surface area contributed by atoms with Crippen LogP contribution in [0.1, 0.15) is 60.3 Å². The fraction of sp³-hybridized carbons (Fsp3) is 0.938. The Balaban J connectivity index is 4.49. The van der Waals surface area contributed by atoms with Gasteiger partial charge in [0.15, 0.2) is 0 Å². The van der Waals surface area contributed by atoms with Crippen molar-refractivity contribution in [1.29, 1.82) is 0 Å². The van der Waals surface area contributed by atoms with Crippen LogP contribution >= 0.6 is 0 Å². The summed E-state index contributed by atoms with van der Waals surface area (Å²) in [5, 5.41) is 3.06. The molecular formula is C16H35N3O. The molecule has 0 aromatic heterocycles. The van der Waals surface area contributed by atoms with Crippen LogP contribution in [0.5, 0.6) is 0 Å². The Hall–Kier alpha value is -0.610. The Morgan fingerprint density at radius 2 is 1.85 bits per heavy atom. The molecule has 0 aromatic carbocycles. The molecule has 3 N–H and O–H groups in total. The lowest BCUT2D eigenvalue weighted by Gasteiger charge is -2.33. The zero-order valence-electron chi connectivity index (χ0n) is 14.3. The summed E-state index contributed by atoms with van der Waals surface area (Å²) in [6.07, 6.45) is 4.14. The molecule has 1 amide bonds. The van der Waals surface area contributed by atoms with Crippen molar-refractivity contribution in [3.63, 3.8) is 0 Å². The molecule has 0 fully saturated rings. The maximum Gasteiger partial charge on any atom is 0.237 e. The van der Waals surface area contributed by atoms with Crippen molar-refractivity contribution in [2.24, 2.45) is 11.7 Å². The van der Waals surface area contributed by atoms with Crippen LogP contribution in [0.3, 0.4) is 0 Å². The van der Waals surface area contributed by atoms with Crippen molar-refractivity contribution in [2.45, 2.75) is 71.9 Å². The van der Waals surface area contributed by atoms with Gasteiger partial charge in [-0.3, -0.25) is 4.79 Å². The molecule has 0 aliphatic carbocycles. The lowest BCUT2D eigenvalue weighted by molar-refractivity contribution is -0.123. The highest BCUT2D eigenvalue weighted by atomic mass is 16.1. The van der Waals surface area contributed by atoms with E-state index in [4.69, 9.17) is 5.73 Å². The summed E-state index contributed by atoms with van der Waals surface area (Å²) < 4.78 is 0. The topological polar surface area (TPSA) is 58.4 Å². The number of amides is 1. The van der Waals surface area contributed by atoms with E-state index in [2.05, 4.69) is 37.9 Å². The number of nitrogens with one attached hydrogen (secondary N) is 1. The molecule has 0 spiro atoms. The van der Waals surface area contributed by atoms with Crippen LogP contribution in [0.4, 0.5) is 0 Å². The monoisotopic (exact) mass is 285 g/mol. The second kappa shape index (κ2) is 9.35. The van der Waals surface area contributed by atoms with Gasteiger partial charge in [-0.15, -0.1) is 0 Å². The Bertz CT molecular complexity index is 277. The number of hydrogen-bond acceptors (Lipinski definition) is 3. The van der Waals surface area contributed by atoms with Gasteiger partial charge in [0.05, 0.1) is 5.54 Å². The van der Waals surface area contributed by atoms with Gasteiger partial charge in [0.1, 0.15) is 0 Å². The van der Waals surface area contributed by atoms with Crippen molar-refractivity contribution in [3.05, 3.63) is 0 Å². The number of carbonyl (C=O) groups is 1.